The molecule has 0 saturated heterocycles. The summed E-state index contributed by atoms with van der Waals surface area (Å²) in [7, 11) is 0. The predicted molar refractivity (Wildman–Crippen MR) is 71.4 cm³/mol. The van der Waals surface area contributed by atoms with E-state index in [-0.39, 0.29) is 0 Å². The molecule has 4 nitrogen and oxygen atoms in total. The largest absolute Gasteiger partial charge is 0.260 e. The van der Waals surface area contributed by atoms with Crippen LogP contribution in [0.3, 0.4) is 0 Å². The van der Waals surface area contributed by atoms with Crippen LogP contribution in [0.4, 0.5) is 0 Å². The molecular weight excluding hydrogens is 224 g/mol. The van der Waals surface area contributed by atoms with Gasteiger partial charge >= 0.3 is 0 Å². The first-order chi connectivity index (χ1) is 8.88. The average molecular weight is 242 g/mol. The predicted octanol–water partition coefficient (Wildman–Crippen LogP) is 2.00. The van der Waals surface area contributed by atoms with Crippen LogP contribution in [-0.2, 0) is 13.1 Å². The molecule has 0 atom stereocenters. The van der Waals surface area contributed by atoms with Gasteiger partial charge < -0.3 is 0 Å². The minimum Gasteiger partial charge on any atom is -0.260 e. The second-order valence-electron chi connectivity index (χ2n) is 4.01. The summed E-state index contributed by atoms with van der Waals surface area (Å²) in [6.45, 7) is 4.51. The van der Waals surface area contributed by atoms with Crippen LogP contribution in [-0.4, -0.2) is 21.5 Å². The van der Waals surface area contributed by atoms with Crippen molar-refractivity contribution in [3.63, 3.8) is 0 Å². The molecule has 0 aliphatic carbocycles. The summed E-state index contributed by atoms with van der Waals surface area (Å²) >= 11 is 0. The zero-order valence-electron chi connectivity index (χ0n) is 10.6. The number of nitrogens with one attached hydrogen (secondary N) is 1. The van der Waals surface area contributed by atoms with Crippen molar-refractivity contribution in [3.8, 4) is 0 Å². The van der Waals surface area contributed by atoms with Crippen molar-refractivity contribution in [3.05, 3.63) is 60.2 Å². The van der Waals surface area contributed by atoms with Crippen LogP contribution in [0.2, 0.25) is 0 Å². The summed E-state index contributed by atoms with van der Waals surface area (Å²) in [5.41, 5.74) is 5.43. The highest BCUT2D eigenvalue weighted by atomic mass is 15.5. The van der Waals surface area contributed by atoms with Crippen molar-refractivity contribution in [1.29, 1.82) is 0 Å². The monoisotopic (exact) mass is 242 g/mol. The first-order valence-corrected chi connectivity index (χ1v) is 6.16. The van der Waals surface area contributed by atoms with E-state index in [0.29, 0.717) is 0 Å². The van der Waals surface area contributed by atoms with Crippen LogP contribution in [0, 0.1) is 0 Å². The average Bonchev–Trinajstić information content (AvgIpc) is 2.41. The minimum atomic E-state index is 0.769. The molecular formula is C14H18N4. The fraction of sp³-hybridized carbons (Fsp3) is 0.286. The molecule has 0 fully saturated rings. The fourth-order valence-corrected chi connectivity index (χ4v) is 1.77. The molecule has 0 saturated carbocycles. The Bertz CT molecular complexity index is 402. The molecule has 0 aromatic carbocycles. The number of rotatable bonds is 6. The Morgan fingerprint density at radius 2 is 1.50 bits per heavy atom. The molecule has 2 aromatic heterocycles. The second kappa shape index (κ2) is 6.83. The van der Waals surface area contributed by atoms with E-state index in [1.54, 1.807) is 0 Å². The summed E-state index contributed by atoms with van der Waals surface area (Å²) in [6.07, 6.45) is 3.64. The van der Waals surface area contributed by atoms with Gasteiger partial charge in [-0.1, -0.05) is 19.1 Å². The van der Waals surface area contributed by atoms with Crippen LogP contribution in [0.5, 0.6) is 0 Å². The third kappa shape index (κ3) is 3.91. The van der Waals surface area contributed by atoms with E-state index < -0.39 is 0 Å². The lowest BCUT2D eigenvalue weighted by Crippen LogP contribution is -2.37. The van der Waals surface area contributed by atoms with Crippen molar-refractivity contribution >= 4 is 0 Å². The molecule has 0 unspecified atom stereocenters. The smallest absolute Gasteiger partial charge is 0.0559 e. The second-order valence-corrected chi connectivity index (χ2v) is 4.01. The SMILES string of the molecule is CCNN(Cc1ccccn1)Cc1ccccn1. The number of hydrogen-bond acceptors (Lipinski definition) is 4. The normalized spacial score (nSPS) is 10.8. The molecule has 18 heavy (non-hydrogen) atoms. The van der Waals surface area contributed by atoms with Gasteiger partial charge in [0.25, 0.3) is 0 Å². The number of pyridine rings is 2. The number of hydrogen-bond donors (Lipinski definition) is 1. The highest BCUT2D eigenvalue weighted by Gasteiger charge is 2.06. The zero-order chi connectivity index (χ0) is 12.6. The van der Waals surface area contributed by atoms with Crippen molar-refractivity contribution in [2.75, 3.05) is 6.54 Å². The molecule has 0 radical (unpaired) electrons. The maximum atomic E-state index is 4.34. The van der Waals surface area contributed by atoms with E-state index in [4.69, 9.17) is 0 Å². The van der Waals surface area contributed by atoms with Crippen molar-refractivity contribution in [2.24, 2.45) is 0 Å². The first-order valence-electron chi connectivity index (χ1n) is 6.16. The summed E-state index contributed by atoms with van der Waals surface area (Å²) in [5, 5.41) is 2.13. The van der Waals surface area contributed by atoms with Gasteiger partial charge in [0.15, 0.2) is 0 Å². The van der Waals surface area contributed by atoms with Gasteiger partial charge in [-0.05, 0) is 24.3 Å². The molecule has 0 aliphatic rings. The Labute approximate surface area is 108 Å². The molecule has 2 rings (SSSR count). The Morgan fingerprint density at radius 3 is 1.89 bits per heavy atom. The van der Waals surface area contributed by atoms with Crippen LogP contribution >= 0.6 is 0 Å². The number of nitrogens with zero attached hydrogens (tertiary/aromatic N) is 3. The lowest BCUT2D eigenvalue weighted by Gasteiger charge is -2.21. The molecule has 4 heteroatoms. The molecule has 94 valence electrons. The Kier molecular flexibility index (Phi) is 4.81. The maximum Gasteiger partial charge on any atom is 0.0559 e. The van der Waals surface area contributed by atoms with E-state index in [1.807, 2.05) is 48.8 Å². The van der Waals surface area contributed by atoms with E-state index in [1.165, 1.54) is 0 Å². The molecule has 0 spiro atoms. The summed E-state index contributed by atoms with van der Waals surface area (Å²) < 4.78 is 0. The fourth-order valence-electron chi connectivity index (χ4n) is 1.77. The summed E-state index contributed by atoms with van der Waals surface area (Å²) in [6, 6.07) is 11.9. The third-order valence-electron chi connectivity index (χ3n) is 2.54. The molecule has 2 aromatic rings. The third-order valence-corrected chi connectivity index (χ3v) is 2.54. The topological polar surface area (TPSA) is 41.0 Å². The number of hydrazine groups is 1. The number of aromatic nitrogens is 2. The van der Waals surface area contributed by atoms with E-state index in [2.05, 4.69) is 27.3 Å². The zero-order valence-corrected chi connectivity index (χ0v) is 10.6. The van der Waals surface area contributed by atoms with Crippen LogP contribution < -0.4 is 5.43 Å². The van der Waals surface area contributed by atoms with Gasteiger partial charge in [-0.3, -0.25) is 15.4 Å². The van der Waals surface area contributed by atoms with Crippen LogP contribution in [0.15, 0.2) is 48.8 Å². The standard InChI is InChI=1S/C14H18N4/c1-2-17-18(11-13-7-3-5-9-15-13)12-14-8-4-6-10-16-14/h3-10,17H,2,11-12H2,1H3. The van der Waals surface area contributed by atoms with Crippen LogP contribution in [0.25, 0.3) is 0 Å². The van der Waals surface area contributed by atoms with Gasteiger partial charge in [-0.15, -0.1) is 0 Å². The van der Waals surface area contributed by atoms with Gasteiger partial charge in [-0.2, -0.15) is 0 Å². The lowest BCUT2D eigenvalue weighted by molar-refractivity contribution is 0.169. The van der Waals surface area contributed by atoms with E-state index >= 15 is 0 Å². The summed E-state index contributed by atoms with van der Waals surface area (Å²) in [5.74, 6) is 0. The maximum absolute atomic E-state index is 4.34. The van der Waals surface area contributed by atoms with Gasteiger partial charge in [0.2, 0.25) is 0 Å². The Morgan fingerprint density at radius 1 is 0.944 bits per heavy atom. The molecule has 0 bridgehead atoms. The first kappa shape index (κ1) is 12.7. The lowest BCUT2D eigenvalue weighted by atomic mass is 10.3. The van der Waals surface area contributed by atoms with Crippen molar-refractivity contribution in [2.45, 2.75) is 20.0 Å². The molecule has 1 N–H and O–H groups in total. The van der Waals surface area contributed by atoms with E-state index in [0.717, 1.165) is 31.0 Å². The van der Waals surface area contributed by atoms with Gasteiger partial charge in [0, 0.05) is 18.9 Å². The minimum absolute atomic E-state index is 0.769. The molecule has 0 amide bonds. The highest BCUT2D eigenvalue weighted by Crippen LogP contribution is 2.03. The van der Waals surface area contributed by atoms with E-state index in [9.17, 15) is 0 Å². The van der Waals surface area contributed by atoms with Gasteiger partial charge in [-0.25, -0.2) is 5.01 Å². The van der Waals surface area contributed by atoms with Gasteiger partial charge in [0.05, 0.1) is 24.5 Å². The Hall–Kier alpha value is -1.78. The van der Waals surface area contributed by atoms with Gasteiger partial charge in [0.1, 0.15) is 0 Å². The quantitative estimate of drug-likeness (QED) is 0.787. The summed E-state index contributed by atoms with van der Waals surface area (Å²) in [4.78, 5) is 8.68. The highest BCUT2D eigenvalue weighted by molar-refractivity contribution is 5.05. The van der Waals surface area contributed by atoms with Crippen molar-refractivity contribution in [1.82, 2.24) is 20.4 Å². The van der Waals surface area contributed by atoms with Crippen molar-refractivity contribution < 1.29 is 0 Å². The van der Waals surface area contributed by atoms with Crippen LogP contribution in [0.1, 0.15) is 18.3 Å². The molecule has 0 aliphatic heterocycles. The Balaban J connectivity index is 2.00. The molecule has 2 heterocycles.